The molecule has 12 heteroatoms. The van der Waals surface area contributed by atoms with Gasteiger partial charge in [-0.15, -0.1) is 0 Å². The van der Waals surface area contributed by atoms with Crippen molar-refractivity contribution in [3.63, 3.8) is 0 Å². The molecule has 1 atom stereocenters. The predicted octanol–water partition coefficient (Wildman–Crippen LogP) is 5.14. The molecule has 0 saturated carbocycles. The maximum absolute atomic E-state index is 14.3. The molecule has 0 aliphatic rings. The van der Waals surface area contributed by atoms with Crippen molar-refractivity contribution in [2.45, 2.75) is 45.7 Å². The zero-order chi connectivity index (χ0) is 35.2. The van der Waals surface area contributed by atoms with Gasteiger partial charge in [0.25, 0.3) is 5.91 Å². The van der Waals surface area contributed by atoms with Gasteiger partial charge in [0, 0.05) is 30.8 Å². The number of nitrogens with one attached hydrogen (secondary N) is 3. The quantitative estimate of drug-likeness (QED) is 0.0653. The molecular weight excluding hydrogens is 610 g/mol. The highest BCUT2D eigenvalue weighted by Gasteiger charge is 2.32. The maximum Gasteiger partial charge on any atom is 0.335 e. The number of hydrogen-bond donors (Lipinski definition) is 6. The van der Waals surface area contributed by atoms with Gasteiger partial charge in [-0.1, -0.05) is 66.7 Å². The van der Waals surface area contributed by atoms with Gasteiger partial charge in [0.2, 0.25) is 11.8 Å². The lowest BCUT2D eigenvalue weighted by atomic mass is 9.99. The van der Waals surface area contributed by atoms with Crippen molar-refractivity contribution in [1.82, 2.24) is 9.88 Å². The Bertz CT molecular complexity index is 1730. The number of rotatable bonds is 13. The van der Waals surface area contributed by atoms with Gasteiger partial charge in [0.1, 0.15) is 11.7 Å². The Morgan fingerprint density at radius 2 is 1.52 bits per heavy atom. The molecule has 0 bridgehead atoms. The van der Waals surface area contributed by atoms with E-state index >= 15 is 0 Å². The molecule has 1 aromatic heterocycles. The molecule has 3 aromatic carbocycles. The molecule has 1 heterocycles. The fourth-order valence-corrected chi connectivity index (χ4v) is 5.32. The van der Waals surface area contributed by atoms with Crippen LogP contribution in [0.3, 0.4) is 0 Å². The summed E-state index contributed by atoms with van der Waals surface area (Å²) in [6.07, 6.45) is 1.95. The average molecular weight is 654 g/mol. The Balaban J connectivity index is 0.00000307. The molecule has 0 aliphatic carbocycles. The zero-order valence-electron chi connectivity index (χ0n) is 27.6. The summed E-state index contributed by atoms with van der Waals surface area (Å²) >= 11 is 0. The van der Waals surface area contributed by atoms with E-state index < -0.39 is 23.8 Å². The van der Waals surface area contributed by atoms with Crippen LogP contribution in [0.25, 0.3) is 22.4 Å². The second-order valence-corrected chi connectivity index (χ2v) is 10.9. The van der Waals surface area contributed by atoms with Gasteiger partial charge in [0.05, 0.1) is 23.3 Å². The van der Waals surface area contributed by atoms with Crippen molar-refractivity contribution < 1.29 is 24.3 Å². The lowest BCUT2D eigenvalue weighted by molar-refractivity contribution is -0.125. The highest BCUT2D eigenvalue weighted by atomic mass is 16.4. The minimum Gasteiger partial charge on any atom is -0.478 e. The van der Waals surface area contributed by atoms with E-state index in [-0.39, 0.29) is 41.0 Å². The van der Waals surface area contributed by atoms with Gasteiger partial charge in [0.15, 0.2) is 0 Å². The van der Waals surface area contributed by atoms with E-state index in [1.54, 1.807) is 12.1 Å². The first-order valence-corrected chi connectivity index (χ1v) is 15.5. The summed E-state index contributed by atoms with van der Waals surface area (Å²) in [6, 6.07) is 23.7. The number of amides is 3. The van der Waals surface area contributed by atoms with E-state index in [4.69, 9.17) is 5.73 Å². The minimum atomic E-state index is -1.13. The SMILES string of the molecule is CC(=O)NC(CCCN=CN)C(=O)Nc1c(-c2ccccc2)c(-c2ccccc2)n(C(C)C)c1C(=O)Nc1cccc(C(=O)O)c1.CN. The van der Waals surface area contributed by atoms with Crippen LogP contribution in [0, 0.1) is 0 Å². The van der Waals surface area contributed by atoms with Gasteiger partial charge in [-0.2, -0.15) is 0 Å². The number of anilines is 2. The summed E-state index contributed by atoms with van der Waals surface area (Å²) in [5, 5.41) is 18.1. The second-order valence-electron chi connectivity index (χ2n) is 10.9. The minimum absolute atomic E-state index is 0.0117. The number of nitrogens with two attached hydrogens (primary N) is 2. The first kappa shape index (κ1) is 36.7. The van der Waals surface area contributed by atoms with Crippen LogP contribution in [0.4, 0.5) is 11.4 Å². The molecule has 3 amide bonds. The number of aromatic nitrogens is 1. The fourth-order valence-electron chi connectivity index (χ4n) is 5.32. The Morgan fingerprint density at radius 1 is 0.896 bits per heavy atom. The number of aromatic carboxylic acids is 1. The molecule has 12 nitrogen and oxygen atoms in total. The molecule has 0 saturated heterocycles. The number of nitrogens with zero attached hydrogens (tertiary/aromatic N) is 2. The highest BCUT2D eigenvalue weighted by Crippen LogP contribution is 2.45. The van der Waals surface area contributed by atoms with E-state index in [0.29, 0.717) is 24.2 Å². The Kier molecular flexibility index (Phi) is 13.6. The number of carboxylic acids is 1. The Labute approximate surface area is 280 Å². The zero-order valence-corrected chi connectivity index (χ0v) is 27.6. The van der Waals surface area contributed by atoms with Gasteiger partial charge in [-0.3, -0.25) is 19.4 Å². The maximum atomic E-state index is 14.3. The number of carbonyl (C=O) groups excluding carboxylic acids is 3. The standard InChI is InChI=1S/C35H38N6O5.CH5N/c1-22(2)41-31(25-14-8-5-9-15-25)29(24-12-6-4-7-13-24)30(40-33(43)28(38-23(3)42)18-11-19-37-21-36)32(41)34(44)39-27-17-10-16-26(20-27)35(45)46;1-2/h4-10,12-17,20-22,28H,11,18-19H2,1-3H3,(H2,36,37)(H,38,42)(H,39,44)(H,40,43)(H,45,46);2H2,1H3. The van der Waals surface area contributed by atoms with Crippen molar-refractivity contribution >= 4 is 41.4 Å². The monoisotopic (exact) mass is 653 g/mol. The topological polar surface area (TPSA) is 194 Å². The molecule has 0 spiro atoms. The Hall–Kier alpha value is -5.75. The summed E-state index contributed by atoms with van der Waals surface area (Å²) < 4.78 is 1.87. The fraction of sp³-hybridized carbons (Fsp3) is 0.250. The lowest BCUT2D eigenvalue weighted by Gasteiger charge is -2.20. The molecule has 0 aliphatic heterocycles. The third-order valence-electron chi connectivity index (χ3n) is 7.24. The molecule has 0 radical (unpaired) electrons. The molecular formula is C36H43N7O5. The molecule has 4 aromatic rings. The van der Waals surface area contributed by atoms with E-state index in [1.165, 1.54) is 32.4 Å². The molecule has 4 rings (SSSR count). The van der Waals surface area contributed by atoms with Crippen LogP contribution in [-0.4, -0.2) is 59.3 Å². The van der Waals surface area contributed by atoms with E-state index in [0.717, 1.165) is 11.1 Å². The molecule has 48 heavy (non-hydrogen) atoms. The number of carbonyl (C=O) groups is 4. The van der Waals surface area contributed by atoms with Crippen molar-refractivity contribution in [3.05, 3.63) is 96.2 Å². The van der Waals surface area contributed by atoms with Gasteiger partial charge in [-0.05, 0) is 63.1 Å². The third kappa shape index (κ3) is 9.17. The molecule has 8 N–H and O–H groups in total. The summed E-state index contributed by atoms with van der Waals surface area (Å²) in [4.78, 5) is 56.0. The molecule has 252 valence electrons. The van der Waals surface area contributed by atoms with Gasteiger partial charge in [-0.25, -0.2) is 4.79 Å². The van der Waals surface area contributed by atoms with E-state index in [9.17, 15) is 24.3 Å². The highest BCUT2D eigenvalue weighted by molar-refractivity contribution is 6.15. The normalized spacial score (nSPS) is 11.4. The molecule has 1 unspecified atom stereocenters. The summed E-state index contributed by atoms with van der Waals surface area (Å²) in [6.45, 7) is 5.58. The van der Waals surface area contributed by atoms with Crippen LogP contribution >= 0.6 is 0 Å². The molecule has 0 fully saturated rings. The third-order valence-corrected chi connectivity index (χ3v) is 7.24. The van der Waals surface area contributed by atoms with Crippen LogP contribution in [0.1, 0.15) is 60.5 Å². The number of benzene rings is 3. The number of aliphatic imine (C=N–C) groups is 1. The largest absolute Gasteiger partial charge is 0.478 e. The first-order valence-electron chi connectivity index (χ1n) is 15.5. The first-order chi connectivity index (χ1) is 23.1. The Morgan fingerprint density at radius 3 is 2.08 bits per heavy atom. The van der Waals surface area contributed by atoms with Crippen molar-refractivity contribution in [2.75, 3.05) is 24.2 Å². The second kappa shape index (κ2) is 17.8. The van der Waals surface area contributed by atoms with Crippen LogP contribution in [-0.2, 0) is 9.59 Å². The summed E-state index contributed by atoms with van der Waals surface area (Å²) in [5.41, 5.74) is 13.5. The van der Waals surface area contributed by atoms with Gasteiger partial charge >= 0.3 is 5.97 Å². The van der Waals surface area contributed by atoms with Crippen molar-refractivity contribution in [1.29, 1.82) is 0 Å². The van der Waals surface area contributed by atoms with Crippen LogP contribution in [0.2, 0.25) is 0 Å². The van der Waals surface area contributed by atoms with Crippen LogP contribution in [0.15, 0.2) is 89.9 Å². The van der Waals surface area contributed by atoms with Crippen LogP contribution < -0.4 is 27.4 Å². The van der Waals surface area contributed by atoms with Crippen LogP contribution in [0.5, 0.6) is 0 Å². The number of carboxylic acid groups (broad SMARTS) is 1. The smallest absolute Gasteiger partial charge is 0.335 e. The van der Waals surface area contributed by atoms with Gasteiger partial charge < -0.3 is 37.1 Å². The predicted molar refractivity (Wildman–Crippen MR) is 190 cm³/mol. The lowest BCUT2D eigenvalue weighted by Crippen LogP contribution is -2.43. The van der Waals surface area contributed by atoms with E-state index in [1.807, 2.05) is 79.1 Å². The van der Waals surface area contributed by atoms with Crippen molar-refractivity contribution in [2.24, 2.45) is 16.5 Å². The van der Waals surface area contributed by atoms with Crippen molar-refractivity contribution in [3.8, 4) is 22.4 Å². The van der Waals surface area contributed by atoms with E-state index in [2.05, 4.69) is 26.7 Å². The summed E-state index contributed by atoms with van der Waals surface area (Å²) in [7, 11) is 1.50. The summed E-state index contributed by atoms with van der Waals surface area (Å²) in [5.74, 6) is -2.58. The number of hydrogen-bond acceptors (Lipinski definition) is 6. The average Bonchev–Trinajstić information content (AvgIpc) is 3.43.